The van der Waals surface area contributed by atoms with Crippen molar-refractivity contribution in [2.45, 2.75) is 32.0 Å². The van der Waals surface area contributed by atoms with Gasteiger partial charge in [-0.1, -0.05) is 12.1 Å². The second kappa shape index (κ2) is 8.59. The van der Waals surface area contributed by atoms with E-state index in [1.54, 1.807) is 22.4 Å². The zero-order chi connectivity index (χ0) is 20.1. The summed E-state index contributed by atoms with van der Waals surface area (Å²) in [4.78, 5) is 29.8. The predicted molar refractivity (Wildman–Crippen MR) is 97.2 cm³/mol. The normalized spacial score (nSPS) is 14.4. The standard InChI is InChI=1S/C18H18F3N3O3S/c19-18(20,21)11-27-14-5-3-12(4-6-14)9-22-15(25)8-13-10-28-17(23-13)24-7-1-2-16(24)26/h3-6,10H,1-2,7-9,11H2,(H,22,25). The van der Waals surface area contributed by atoms with E-state index >= 15 is 0 Å². The van der Waals surface area contributed by atoms with E-state index in [1.165, 1.54) is 23.5 Å². The topological polar surface area (TPSA) is 71.5 Å². The molecule has 1 aromatic heterocycles. The molecular weight excluding hydrogens is 395 g/mol. The van der Waals surface area contributed by atoms with Gasteiger partial charge < -0.3 is 10.1 Å². The minimum atomic E-state index is -4.38. The molecule has 150 valence electrons. The van der Waals surface area contributed by atoms with Gasteiger partial charge in [0.2, 0.25) is 11.8 Å². The number of hydrogen-bond donors (Lipinski definition) is 1. The lowest BCUT2D eigenvalue weighted by Crippen LogP contribution is -2.25. The van der Waals surface area contributed by atoms with Gasteiger partial charge in [-0.25, -0.2) is 4.98 Å². The van der Waals surface area contributed by atoms with Crippen LogP contribution in [0.15, 0.2) is 29.6 Å². The number of amides is 2. The highest BCUT2D eigenvalue weighted by atomic mass is 32.1. The Bertz CT molecular complexity index is 837. The highest BCUT2D eigenvalue weighted by Crippen LogP contribution is 2.25. The first kappa shape index (κ1) is 20.1. The number of ether oxygens (including phenoxy) is 1. The molecule has 1 fully saturated rings. The molecular formula is C18H18F3N3O3S. The number of rotatable bonds is 7. The van der Waals surface area contributed by atoms with Crippen LogP contribution in [-0.4, -0.2) is 36.1 Å². The molecule has 2 amide bonds. The number of thiazole rings is 1. The van der Waals surface area contributed by atoms with E-state index < -0.39 is 12.8 Å². The van der Waals surface area contributed by atoms with Crippen LogP contribution in [0, 0.1) is 0 Å². The van der Waals surface area contributed by atoms with Gasteiger partial charge in [-0.05, 0) is 24.1 Å². The van der Waals surface area contributed by atoms with Crippen molar-refractivity contribution in [2.24, 2.45) is 0 Å². The number of anilines is 1. The van der Waals surface area contributed by atoms with Crippen LogP contribution in [0.1, 0.15) is 24.1 Å². The zero-order valence-electron chi connectivity index (χ0n) is 14.8. The average molecular weight is 413 g/mol. The predicted octanol–water partition coefficient (Wildman–Crippen LogP) is 3.07. The molecule has 1 aliphatic rings. The molecule has 6 nitrogen and oxygen atoms in total. The second-order valence-electron chi connectivity index (χ2n) is 6.27. The van der Waals surface area contributed by atoms with Crippen LogP contribution in [-0.2, 0) is 22.6 Å². The zero-order valence-corrected chi connectivity index (χ0v) is 15.6. The lowest BCUT2D eigenvalue weighted by molar-refractivity contribution is -0.153. The van der Waals surface area contributed by atoms with Gasteiger partial charge in [0.15, 0.2) is 11.7 Å². The van der Waals surface area contributed by atoms with Crippen LogP contribution in [0.2, 0.25) is 0 Å². The van der Waals surface area contributed by atoms with Crippen molar-refractivity contribution in [1.29, 1.82) is 0 Å². The van der Waals surface area contributed by atoms with Crippen molar-refractivity contribution in [2.75, 3.05) is 18.1 Å². The van der Waals surface area contributed by atoms with Crippen LogP contribution in [0.4, 0.5) is 18.3 Å². The van der Waals surface area contributed by atoms with Gasteiger partial charge >= 0.3 is 6.18 Å². The Morgan fingerprint density at radius 3 is 2.68 bits per heavy atom. The maximum Gasteiger partial charge on any atom is 0.422 e. The lowest BCUT2D eigenvalue weighted by atomic mass is 10.2. The molecule has 1 N–H and O–H groups in total. The second-order valence-corrected chi connectivity index (χ2v) is 7.11. The van der Waals surface area contributed by atoms with Crippen LogP contribution in [0.25, 0.3) is 0 Å². The number of carbonyl (C=O) groups excluding carboxylic acids is 2. The Balaban J connectivity index is 1.45. The van der Waals surface area contributed by atoms with Crippen molar-refractivity contribution in [3.8, 4) is 5.75 Å². The summed E-state index contributed by atoms with van der Waals surface area (Å²) in [6.07, 6.45) is -2.96. The Morgan fingerprint density at radius 2 is 2.04 bits per heavy atom. The first-order valence-electron chi connectivity index (χ1n) is 8.60. The van der Waals surface area contributed by atoms with Gasteiger partial charge in [-0.15, -0.1) is 11.3 Å². The van der Waals surface area contributed by atoms with Gasteiger partial charge in [-0.3, -0.25) is 14.5 Å². The van der Waals surface area contributed by atoms with E-state index in [9.17, 15) is 22.8 Å². The molecule has 0 saturated carbocycles. The van der Waals surface area contributed by atoms with Gasteiger partial charge in [0.25, 0.3) is 0 Å². The van der Waals surface area contributed by atoms with Crippen LogP contribution in [0.3, 0.4) is 0 Å². The van der Waals surface area contributed by atoms with E-state index in [-0.39, 0.29) is 30.5 Å². The Labute approximate surface area is 163 Å². The Hall–Kier alpha value is -2.62. The molecule has 1 aromatic carbocycles. The summed E-state index contributed by atoms with van der Waals surface area (Å²) in [6, 6.07) is 6.03. The molecule has 0 radical (unpaired) electrons. The number of nitrogens with one attached hydrogen (secondary N) is 1. The number of hydrogen-bond acceptors (Lipinski definition) is 5. The van der Waals surface area contributed by atoms with E-state index in [4.69, 9.17) is 0 Å². The van der Waals surface area contributed by atoms with Crippen molar-refractivity contribution in [3.05, 3.63) is 40.9 Å². The monoisotopic (exact) mass is 413 g/mol. The molecule has 3 rings (SSSR count). The molecule has 2 heterocycles. The first-order chi connectivity index (χ1) is 13.3. The summed E-state index contributed by atoms with van der Waals surface area (Å²) in [6.45, 7) is -0.456. The molecule has 2 aromatic rings. The third-order valence-corrected chi connectivity index (χ3v) is 4.91. The lowest BCUT2D eigenvalue weighted by Gasteiger charge is -2.10. The quantitative estimate of drug-likeness (QED) is 0.757. The van der Waals surface area contributed by atoms with E-state index in [0.29, 0.717) is 23.8 Å². The molecule has 10 heteroatoms. The van der Waals surface area contributed by atoms with Crippen molar-refractivity contribution in [3.63, 3.8) is 0 Å². The summed E-state index contributed by atoms with van der Waals surface area (Å²) >= 11 is 1.33. The van der Waals surface area contributed by atoms with Crippen LogP contribution >= 0.6 is 11.3 Å². The highest BCUT2D eigenvalue weighted by Gasteiger charge is 2.28. The molecule has 0 unspecified atom stereocenters. The molecule has 0 aliphatic carbocycles. The van der Waals surface area contributed by atoms with Gasteiger partial charge in [-0.2, -0.15) is 13.2 Å². The number of benzene rings is 1. The third kappa shape index (κ3) is 5.69. The number of carbonyl (C=O) groups is 2. The Morgan fingerprint density at radius 1 is 1.29 bits per heavy atom. The van der Waals surface area contributed by atoms with E-state index in [1.807, 2.05) is 0 Å². The molecule has 0 atom stereocenters. The van der Waals surface area contributed by atoms with Gasteiger partial charge in [0, 0.05) is 24.9 Å². The smallest absolute Gasteiger partial charge is 0.422 e. The van der Waals surface area contributed by atoms with Crippen molar-refractivity contribution in [1.82, 2.24) is 10.3 Å². The van der Waals surface area contributed by atoms with Crippen molar-refractivity contribution < 1.29 is 27.5 Å². The molecule has 1 saturated heterocycles. The van der Waals surface area contributed by atoms with Crippen molar-refractivity contribution >= 4 is 28.3 Å². The number of aromatic nitrogens is 1. The maximum absolute atomic E-state index is 12.1. The SMILES string of the molecule is O=C(Cc1csc(N2CCCC2=O)n1)NCc1ccc(OCC(F)(F)F)cc1. The van der Waals surface area contributed by atoms with E-state index in [2.05, 4.69) is 15.0 Å². The molecule has 28 heavy (non-hydrogen) atoms. The fourth-order valence-corrected chi connectivity index (χ4v) is 3.52. The van der Waals surface area contributed by atoms with E-state index in [0.717, 1.165) is 12.0 Å². The minimum absolute atomic E-state index is 0.0491. The minimum Gasteiger partial charge on any atom is -0.484 e. The maximum atomic E-state index is 12.1. The number of nitrogens with zero attached hydrogens (tertiary/aromatic N) is 2. The largest absolute Gasteiger partial charge is 0.484 e. The Kier molecular flexibility index (Phi) is 6.18. The number of halogens is 3. The summed E-state index contributed by atoms with van der Waals surface area (Å²) < 4.78 is 41.0. The summed E-state index contributed by atoms with van der Waals surface area (Å²) in [7, 11) is 0. The number of alkyl halides is 3. The highest BCUT2D eigenvalue weighted by molar-refractivity contribution is 7.14. The third-order valence-electron chi connectivity index (χ3n) is 4.00. The molecule has 0 spiro atoms. The van der Waals surface area contributed by atoms with Gasteiger partial charge in [0.05, 0.1) is 12.1 Å². The summed E-state index contributed by atoms with van der Waals surface area (Å²) in [5.41, 5.74) is 1.32. The molecule has 1 aliphatic heterocycles. The average Bonchev–Trinajstić information content (AvgIpc) is 3.27. The fourth-order valence-electron chi connectivity index (χ4n) is 2.65. The summed E-state index contributed by atoms with van der Waals surface area (Å²) in [5.74, 6) is -0.0751. The first-order valence-corrected chi connectivity index (χ1v) is 9.48. The fraction of sp³-hybridized carbons (Fsp3) is 0.389. The van der Waals surface area contributed by atoms with Gasteiger partial charge in [0.1, 0.15) is 5.75 Å². The molecule has 0 bridgehead atoms. The van der Waals surface area contributed by atoms with Crippen LogP contribution < -0.4 is 15.0 Å². The summed E-state index contributed by atoms with van der Waals surface area (Å²) in [5, 5.41) is 5.10. The van der Waals surface area contributed by atoms with Crippen LogP contribution in [0.5, 0.6) is 5.75 Å².